The molecule has 0 saturated carbocycles. The molecule has 0 aromatic heterocycles. The standard InChI is InChI=1S/C31H31Cl2N3O5/c1-18-3-2-4-23(13-18)19-5-7-20(8-6-19)28(36-31(41)35-26-15-24(32)14-25(33)16-26)21-9-11-22(12-10-21)29(38)34-17-27(37)30(39)40/h4-12,14-16,18,27-28,37H,2-3,13,17H2,1H3,(H,34,38)(H,39,40)(H2,35,36,41). The van der Waals surface area contributed by atoms with Crippen LogP contribution in [-0.4, -0.2) is 40.8 Å². The number of halogens is 2. The number of aliphatic hydroxyl groups is 1. The first-order valence-electron chi connectivity index (χ1n) is 13.2. The molecule has 3 amide bonds. The Morgan fingerprint density at radius 2 is 1.56 bits per heavy atom. The van der Waals surface area contributed by atoms with Crippen molar-refractivity contribution in [2.75, 3.05) is 11.9 Å². The Morgan fingerprint density at radius 3 is 2.15 bits per heavy atom. The summed E-state index contributed by atoms with van der Waals surface area (Å²) in [6.07, 6.45) is 3.86. The maximum Gasteiger partial charge on any atom is 0.334 e. The topological polar surface area (TPSA) is 128 Å². The SMILES string of the molecule is CC1CCC=C(c2ccc(C(NC(=O)Nc3cc(Cl)cc(Cl)c3)c3ccc(C(=O)NCC(O)C(=O)O)cc3)cc2)C1. The smallest absolute Gasteiger partial charge is 0.334 e. The predicted octanol–water partition coefficient (Wildman–Crippen LogP) is 6.28. The first-order chi connectivity index (χ1) is 19.6. The van der Waals surface area contributed by atoms with E-state index in [0.29, 0.717) is 27.2 Å². The van der Waals surface area contributed by atoms with Gasteiger partial charge in [-0.05, 0) is 77.8 Å². The molecule has 0 heterocycles. The highest BCUT2D eigenvalue weighted by atomic mass is 35.5. The number of urea groups is 1. The lowest BCUT2D eigenvalue weighted by Gasteiger charge is -2.22. The van der Waals surface area contributed by atoms with Gasteiger partial charge in [-0.2, -0.15) is 0 Å². The monoisotopic (exact) mass is 595 g/mol. The molecule has 1 aliphatic rings. The Bertz CT molecular complexity index is 1420. The molecule has 4 rings (SSSR count). The number of amides is 3. The van der Waals surface area contributed by atoms with Crippen LogP contribution in [0.4, 0.5) is 10.5 Å². The molecule has 10 heteroatoms. The van der Waals surface area contributed by atoms with E-state index >= 15 is 0 Å². The molecule has 5 N–H and O–H groups in total. The van der Waals surface area contributed by atoms with Gasteiger partial charge < -0.3 is 26.2 Å². The van der Waals surface area contributed by atoms with Gasteiger partial charge in [-0.1, -0.05) is 72.6 Å². The first-order valence-corrected chi connectivity index (χ1v) is 14.0. The van der Waals surface area contributed by atoms with E-state index in [2.05, 4.69) is 41.1 Å². The number of hydrogen-bond acceptors (Lipinski definition) is 4. The number of benzene rings is 3. The number of aliphatic carboxylic acids is 1. The van der Waals surface area contributed by atoms with Gasteiger partial charge in [0.2, 0.25) is 0 Å². The van der Waals surface area contributed by atoms with E-state index in [1.807, 2.05) is 12.1 Å². The minimum absolute atomic E-state index is 0.275. The molecule has 0 fully saturated rings. The number of carboxylic acids is 1. The molecule has 3 aromatic rings. The lowest BCUT2D eigenvalue weighted by molar-refractivity contribution is -0.146. The quantitative estimate of drug-likeness (QED) is 0.199. The molecule has 41 heavy (non-hydrogen) atoms. The molecule has 0 bridgehead atoms. The van der Waals surface area contributed by atoms with Crippen LogP contribution in [0.25, 0.3) is 5.57 Å². The second-order valence-electron chi connectivity index (χ2n) is 10.1. The second kappa shape index (κ2) is 13.7. The molecular weight excluding hydrogens is 565 g/mol. The highest BCUT2D eigenvalue weighted by Crippen LogP contribution is 2.32. The lowest BCUT2D eigenvalue weighted by Crippen LogP contribution is -2.36. The van der Waals surface area contributed by atoms with E-state index in [1.165, 1.54) is 12.0 Å². The van der Waals surface area contributed by atoms with Crippen LogP contribution in [0.5, 0.6) is 0 Å². The van der Waals surface area contributed by atoms with Crippen LogP contribution in [0.2, 0.25) is 10.0 Å². The highest BCUT2D eigenvalue weighted by Gasteiger charge is 2.20. The van der Waals surface area contributed by atoms with E-state index in [9.17, 15) is 19.5 Å². The average Bonchev–Trinajstić information content (AvgIpc) is 2.94. The number of carbonyl (C=O) groups is 3. The fourth-order valence-electron chi connectivity index (χ4n) is 4.72. The van der Waals surface area contributed by atoms with Crippen LogP contribution < -0.4 is 16.0 Å². The molecule has 3 atom stereocenters. The van der Waals surface area contributed by atoms with Crippen molar-refractivity contribution in [1.29, 1.82) is 0 Å². The van der Waals surface area contributed by atoms with Crippen LogP contribution in [0.15, 0.2) is 72.8 Å². The first kappa shape index (κ1) is 30.1. The van der Waals surface area contributed by atoms with Gasteiger partial charge in [0.15, 0.2) is 6.10 Å². The zero-order valence-electron chi connectivity index (χ0n) is 22.4. The number of nitrogens with one attached hydrogen (secondary N) is 3. The molecule has 0 radical (unpaired) electrons. The molecule has 3 aromatic carbocycles. The van der Waals surface area contributed by atoms with Crippen molar-refractivity contribution in [1.82, 2.24) is 10.6 Å². The Hall–Kier alpha value is -3.85. The van der Waals surface area contributed by atoms with E-state index < -0.39 is 36.6 Å². The third kappa shape index (κ3) is 8.33. The fourth-order valence-corrected chi connectivity index (χ4v) is 5.24. The number of carbonyl (C=O) groups excluding carboxylic acids is 2. The molecule has 0 spiro atoms. The highest BCUT2D eigenvalue weighted by molar-refractivity contribution is 6.35. The summed E-state index contributed by atoms with van der Waals surface area (Å²) in [6.45, 7) is 1.83. The van der Waals surface area contributed by atoms with E-state index in [0.717, 1.165) is 24.0 Å². The van der Waals surface area contributed by atoms with Crippen LogP contribution >= 0.6 is 23.2 Å². The minimum Gasteiger partial charge on any atom is -0.479 e. The van der Waals surface area contributed by atoms with Gasteiger partial charge in [-0.3, -0.25) is 4.79 Å². The number of aliphatic hydroxyl groups excluding tert-OH is 1. The van der Waals surface area contributed by atoms with E-state index in [1.54, 1.807) is 42.5 Å². The Kier molecular flexibility index (Phi) is 10.0. The zero-order chi connectivity index (χ0) is 29.5. The molecule has 8 nitrogen and oxygen atoms in total. The fraction of sp³-hybridized carbons (Fsp3) is 0.258. The zero-order valence-corrected chi connectivity index (χ0v) is 23.9. The van der Waals surface area contributed by atoms with Crippen molar-refractivity contribution in [3.63, 3.8) is 0 Å². The number of rotatable bonds is 9. The Balaban J connectivity index is 1.56. The van der Waals surface area contributed by atoms with Gasteiger partial charge in [0.1, 0.15) is 0 Å². The van der Waals surface area contributed by atoms with Crippen LogP contribution in [0.3, 0.4) is 0 Å². The van der Waals surface area contributed by atoms with Gasteiger partial charge in [-0.15, -0.1) is 0 Å². The molecule has 0 aliphatic heterocycles. The third-order valence-corrected chi connectivity index (χ3v) is 7.31. The lowest BCUT2D eigenvalue weighted by atomic mass is 9.86. The summed E-state index contributed by atoms with van der Waals surface area (Å²) < 4.78 is 0. The average molecular weight is 597 g/mol. The van der Waals surface area contributed by atoms with Gasteiger partial charge in [0.05, 0.1) is 12.6 Å². The van der Waals surface area contributed by atoms with Gasteiger partial charge >= 0.3 is 12.0 Å². The number of anilines is 1. The van der Waals surface area contributed by atoms with Crippen LogP contribution in [-0.2, 0) is 4.79 Å². The summed E-state index contributed by atoms with van der Waals surface area (Å²) in [4.78, 5) is 36.3. The molecule has 0 saturated heterocycles. The van der Waals surface area contributed by atoms with Crippen LogP contribution in [0.1, 0.15) is 59.3 Å². The van der Waals surface area contributed by atoms with Gasteiger partial charge in [-0.25, -0.2) is 9.59 Å². The minimum atomic E-state index is -1.70. The van der Waals surface area contributed by atoms with Crippen molar-refractivity contribution in [2.24, 2.45) is 5.92 Å². The van der Waals surface area contributed by atoms with Crippen molar-refractivity contribution < 1.29 is 24.6 Å². The number of allylic oxidation sites excluding steroid dienone is 2. The largest absolute Gasteiger partial charge is 0.479 e. The summed E-state index contributed by atoms with van der Waals surface area (Å²) in [5.41, 5.74) is 4.72. The summed E-state index contributed by atoms with van der Waals surface area (Å²) in [6, 6.07) is 18.3. The second-order valence-corrected chi connectivity index (χ2v) is 11.0. The van der Waals surface area contributed by atoms with E-state index in [-0.39, 0.29) is 5.56 Å². The van der Waals surface area contributed by atoms with E-state index in [4.69, 9.17) is 28.3 Å². The normalized spacial score (nSPS) is 16.2. The number of carboxylic acid groups (broad SMARTS) is 1. The Morgan fingerprint density at radius 1 is 0.951 bits per heavy atom. The van der Waals surface area contributed by atoms with Crippen molar-refractivity contribution >= 4 is 52.4 Å². The number of hydrogen-bond donors (Lipinski definition) is 5. The summed E-state index contributed by atoms with van der Waals surface area (Å²) >= 11 is 12.2. The predicted molar refractivity (Wildman–Crippen MR) is 160 cm³/mol. The molecule has 3 unspecified atom stereocenters. The van der Waals surface area contributed by atoms with Crippen molar-refractivity contribution in [2.45, 2.75) is 38.3 Å². The van der Waals surface area contributed by atoms with Crippen molar-refractivity contribution in [3.05, 3.63) is 105 Å². The van der Waals surface area contributed by atoms with Gasteiger partial charge in [0.25, 0.3) is 5.91 Å². The Labute approximate surface area is 248 Å². The maximum absolute atomic E-state index is 13.1. The van der Waals surface area contributed by atoms with Gasteiger partial charge in [0, 0.05) is 21.3 Å². The molecule has 1 aliphatic carbocycles. The van der Waals surface area contributed by atoms with Crippen molar-refractivity contribution in [3.8, 4) is 0 Å². The molecule has 214 valence electrons. The summed E-state index contributed by atoms with van der Waals surface area (Å²) in [5.74, 6) is -1.32. The summed E-state index contributed by atoms with van der Waals surface area (Å²) in [5, 5.41) is 27.2. The van der Waals surface area contributed by atoms with Crippen LogP contribution in [0, 0.1) is 5.92 Å². The molecular formula is C31H31Cl2N3O5. The maximum atomic E-state index is 13.1. The third-order valence-electron chi connectivity index (χ3n) is 6.88. The summed E-state index contributed by atoms with van der Waals surface area (Å²) in [7, 11) is 0.